The first kappa shape index (κ1) is 7.22. The van der Waals surface area contributed by atoms with Crippen LogP contribution in [-0.2, 0) is 4.79 Å². The fraction of sp³-hybridized carbons (Fsp3) is 0.833. The molecule has 1 aliphatic rings. The second kappa shape index (κ2) is 2.06. The zero-order chi connectivity index (χ0) is 7.07. The molecule has 1 fully saturated rings. The highest BCUT2D eigenvalue weighted by Gasteiger charge is 2.55. The Balaban J connectivity index is 2.52. The third-order valence-electron chi connectivity index (χ3n) is 1.84. The van der Waals surface area contributed by atoms with Gasteiger partial charge in [-0.2, -0.15) is 0 Å². The van der Waals surface area contributed by atoms with Crippen LogP contribution in [0.2, 0.25) is 0 Å². The molecule has 3 heteroatoms. The summed E-state index contributed by atoms with van der Waals surface area (Å²) in [6.45, 7) is 1.66. The van der Waals surface area contributed by atoms with E-state index in [2.05, 4.69) is 15.9 Å². The van der Waals surface area contributed by atoms with Crippen molar-refractivity contribution in [3.63, 3.8) is 0 Å². The molecule has 0 aliphatic heterocycles. The van der Waals surface area contributed by atoms with Crippen molar-refractivity contribution < 1.29 is 9.90 Å². The molecule has 0 bridgehead atoms. The molecule has 0 amide bonds. The number of carbonyl (C=O) groups is 1. The lowest BCUT2D eigenvalue weighted by molar-refractivity contribution is -0.117. The average Bonchev–Trinajstić information content (AvgIpc) is 2.44. The van der Waals surface area contributed by atoms with E-state index in [1.807, 2.05) is 0 Å². The van der Waals surface area contributed by atoms with Crippen molar-refractivity contribution in [1.29, 1.82) is 0 Å². The number of hydrogen-bond acceptors (Lipinski definition) is 2. The summed E-state index contributed by atoms with van der Waals surface area (Å²) in [6.07, 6.45) is 0.791. The van der Waals surface area contributed by atoms with Crippen LogP contribution < -0.4 is 0 Å². The molecule has 52 valence electrons. The number of halogens is 1. The lowest BCUT2D eigenvalue weighted by Crippen LogP contribution is -2.14. The van der Waals surface area contributed by atoms with Crippen LogP contribution in [0.15, 0.2) is 0 Å². The van der Waals surface area contributed by atoms with Crippen LogP contribution in [0.3, 0.4) is 0 Å². The van der Waals surface area contributed by atoms with Crippen molar-refractivity contribution in [3.8, 4) is 0 Å². The van der Waals surface area contributed by atoms with E-state index in [0.717, 1.165) is 6.42 Å². The highest BCUT2D eigenvalue weighted by molar-refractivity contribution is 9.10. The van der Waals surface area contributed by atoms with Gasteiger partial charge < -0.3 is 5.11 Å². The topological polar surface area (TPSA) is 37.3 Å². The summed E-state index contributed by atoms with van der Waals surface area (Å²) in [6, 6.07) is 0. The zero-order valence-corrected chi connectivity index (χ0v) is 6.81. The molecule has 2 atom stereocenters. The summed E-state index contributed by atoms with van der Waals surface area (Å²) in [5, 5.41) is 8.61. The molecule has 9 heavy (non-hydrogen) atoms. The minimum atomic E-state index is -0.359. The minimum absolute atomic E-state index is 0.116. The Hall–Kier alpha value is 0.110. The predicted octanol–water partition coefficient (Wildman–Crippen LogP) is 0.721. The van der Waals surface area contributed by atoms with E-state index >= 15 is 0 Å². The molecule has 0 radical (unpaired) electrons. The summed E-state index contributed by atoms with van der Waals surface area (Å²) in [4.78, 5) is 10.7. The van der Waals surface area contributed by atoms with Crippen molar-refractivity contribution in [2.75, 3.05) is 6.61 Å². The molecule has 0 heterocycles. The molecule has 2 nitrogen and oxygen atoms in total. The predicted molar refractivity (Wildman–Crippen MR) is 37.5 cm³/mol. The van der Waals surface area contributed by atoms with Crippen molar-refractivity contribution in [1.82, 2.24) is 0 Å². The van der Waals surface area contributed by atoms with Crippen LogP contribution in [0.25, 0.3) is 0 Å². The standard InChI is InChI=1S/C6H9BrO2/c1-4(9)6(7)2-5(6)3-8/h5,8H,2-3H2,1H3/t5-,6-/m0/s1. The van der Waals surface area contributed by atoms with Crippen LogP contribution in [0.5, 0.6) is 0 Å². The normalized spacial score (nSPS) is 40.6. The maximum absolute atomic E-state index is 10.7. The van der Waals surface area contributed by atoms with E-state index in [4.69, 9.17) is 5.11 Å². The molecule has 1 aliphatic carbocycles. The van der Waals surface area contributed by atoms with Crippen LogP contribution in [0, 0.1) is 5.92 Å². The Bertz CT molecular complexity index is 146. The lowest BCUT2D eigenvalue weighted by atomic mass is 10.2. The quantitative estimate of drug-likeness (QED) is 0.656. The van der Waals surface area contributed by atoms with E-state index in [1.54, 1.807) is 6.92 Å². The van der Waals surface area contributed by atoms with E-state index < -0.39 is 0 Å². The van der Waals surface area contributed by atoms with Gasteiger partial charge in [-0.15, -0.1) is 0 Å². The Labute approximate surface area is 62.4 Å². The third-order valence-corrected chi connectivity index (χ3v) is 3.37. The van der Waals surface area contributed by atoms with Crippen LogP contribution in [-0.4, -0.2) is 21.8 Å². The molecule has 1 N–H and O–H groups in total. The molecule has 0 spiro atoms. The van der Waals surface area contributed by atoms with Gasteiger partial charge in [-0.05, 0) is 13.3 Å². The molecule has 0 saturated heterocycles. The maximum Gasteiger partial charge on any atom is 0.146 e. The van der Waals surface area contributed by atoms with Gasteiger partial charge in [0.2, 0.25) is 0 Å². The van der Waals surface area contributed by atoms with Crippen molar-refractivity contribution in [2.45, 2.75) is 17.7 Å². The minimum Gasteiger partial charge on any atom is -0.396 e. The second-order valence-electron chi connectivity index (χ2n) is 2.50. The molecule has 1 rings (SSSR count). The average molecular weight is 193 g/mol. The molecular formula is C6H9BrO2. The van der Waals surface area contributed by atoms with Crippen LogP contribution in [0.1, 0.15) is 13.3 Å². The van der Waals surface area contributed by atoms with E-state index in [-0.39, 0.29) is 22.6 Å². The van der Waals surface area contributed by atoms with Crippen LogP contribution >= 0.6 is 15.9 Å². The Morgan fingerprint density at radius 1 is 2.00 bits per heavy atom. The van der Waals surface area contributed by atoms with Gasteiger partial charge >= 0.3 is 0 Å². The van der Waals surface area contributed by atoms with Crippen molar-refractivity contribution in [3.05, 3.63) is 0 Å². The highest BCUT2D eigenvalue weighted by atomic mass is 79.9. The Morgan fingerprint density at radius 2 is 2.56 bits per heavy atom. The van der Waals surface area contributed by atoms with Gasteiger partial charge in [-0.25, -0.2) is 0 Å². The summed E-state index contributed by atoms with van der Waals surface area (Å²) in [7, 11) is 0. The van der Waals surface area contributed by atoms with Gasteiger partial charge in [0.25, 0.3) is 0 Å². The number of aliphatic hydroxyl groups excluding tert-OH is 1. The number of ketones is 1. The summed E-state index contributed by atoms with van der Waals surface area (Å²) in [5.74, 6) is 0.288. The third kappa shape index (κ3) is 1.03. The van der Waals surface area contributed by atoms with Gasteiger partial charge in [-0.3, -0.25) is 4.79 Å². The Kier molecular flexibility index (Phi) is 1.65. The van der Waals surface area contributed by atoms with Crippen LogP contribution in [0.4, 0.5) is 0 Å². The van der Waals surface area contributed by atoms with Gasteiger partial charge in [-0.1, -0.05) is 15.9 Å². The van der Waals surface area contributed by atoms with E-state index in [9.17, 15) is 4.79 Å². The smallest absolute Gasteiger partial charge is 0.146 e. The zero-order valence-electron chi connectivity index (χ0n) is 5.22. The molecule has 0 aromatic heterocycles. The first-order chi connectivity index (χ1) is 4.11. The van der Waals surface area contributed by atoms with Gasteiger partial charge in [0.1, 0.15) is 5.78 Å². The number of Topliss-reactive ketones (excluding diaryl/α,β-unsaturated/α-hetero) is 1. The fourth-order valence-corrected chi connectivity index (χ4v) is 1.48. The number of aliphatic hydroxyl groups is 1. The molecular weight excluding hydrogens is 184 g/mol. The number of hydrogen-bond donors (Lipinski definition) is 1. The summed E-state index contributed by atoms with van der Waals surface area (Å²) in [5.41, 5.74) is 0. The van der Waals surface area contributed by atoms with Gasteiger partial charge in [0.15, 0.2) is 0 Å². The lowest BCUT2D eigenvalue weighted by Gasteiger charge is -1.99. The number of alkyl halides is 1. The second-order valence-corrected chi connectivity index (χ2v) is 3.92. The largest absolute Gasteiger partial charge is 0.396 e. The van der Waals surface area contributed by atoms with Crippen molar-refractivity contribution >= 4 is 21.7 Å². The fourth-order valence-electron chi connectivity index (χ4n) is 0.940. The number of rotatable bonds is 2. The van der Waals surface area contributed by atoms with Gasteiger partial charge in [0.05, 0.1) is 4.32 Å². The number of carbonyl (C=O) groups excluding carboxylic acids is 1. The Morgan fingerprint density at radius 3 is 2.67 bits per heavy atom. The van der Waals surface area contributed by atoms with Gasteiger partial charge in [0, 0.05) is 12.5 Å². The summed E-state index contributed by atoms with van der Waals surface area (Å²) < 4.78 is -0.359. The monoisotopic (exact) mass is 192 g/mol. The van der Waals surface area contributed by atoms with E-state index in [1.165, 1.54) is 0 Å². The molecule has 1 saturated carbocycles. The molecule has 0 aromatic carbocycles. The first-order valence-electron chi connectivity index (χ1n) is 2.92. The molecule has 0 aromatic rings. The SMILES string of the molecule is CC(=O)[C@@]1(Br)C[C@H]1CO. The first-order valence-corrected chi connectivity index (χ1v) is 3.71. The van der Waals surface area contributed by atoms with Crippen molar-refractivity contribution in [2.24, 2.45) is 5.92 Å². The van der Waals surface area contributed by atoms with E-state index in [0.29, 0.717) is 0 Å². The summed E-state index contributed by atoms with van der Waals surface area (Å²) >= 11 is 3.27. The molecule has 0 unspecified atom stereocenters. The highest BCUT2D eigenvalue weighted by Crippen LogP contribution is 2.51. The maximum atomic E-state index is 10.7.